The fourth-order valence-corrected chi connectivity index (χ4v) is 3.08. The molecule has 0 aliphatic carbocycles. The minimum Gasteiger partial charge on any atom is -0.497 e. The molecule has 0 spiro atoms. The van der Waals surface area contributed by atoms with Gasteiger partial charge < -0.3 is 15.4 Å². The first kappa shape index (κ1) is 17.1. The standard InChI is InChI=1S/C19H23N5O/c1-25-17-6-3-15(4-7-17)14-23-9-2-10-24(12-11-23)18-8-5-16(13-20)19(21)22-18/h3-8H,2,9-12,14H2,1H3,(H2,21,22). The van der Waals surface area contributed by atoms with E-state index in [1.54, 1.807) is 13.2 Å². The van der Waals surface area contributed by atoms with Crippen LogP contribution >= 0.6 is 0 Å². The summed E-state index contributed by atoms with van der Waals surface area (Å²) in [6.45, 7) is 4.79. The van der Waals surface area contributed by atoms with E-state index in [4.69, 9.17) is 15.7 Å². The summed E-state index contributed by atoms with van der Waals surface area (Å²) in [5, 5.41) is 8.97. The van der Waals surface area contributed by atoms with Gasteiger partial charge in [0.1, 0.15) is 23.5 Å². The summed E-state index contributed by atoms with van der Waals surface area (Å²) in [6.07, 6.45) is 1.07. The predicted octanol–water partition coefficient (Wildman–Crippen LogP) is 2.26. The zero-order chi connectivity index (χ0) is 17.6. The first-order valence-electron chi connectivity index (χ1n) is 8.46. The Morgan fingerprint density at radius 3 is 2.60 bits per heavy atom. The van der Waals surface area contributed by atoms with Gasteiger partial charge in [-0.3, -0.25) is 4.90 Å². The molecule has 25 heavy (non-hydrogen) atoms. The number of rotatable bonds is 4. The molecule has 0 bridgehead atoms. The molecule has 2 N–H and O–H groups in total. The molecule has 0 saturated carbocycles. The third kappa shape index (κ3) is 4.20. The number of nitrogens with two attached hydrogens (primary N) is 1. The van der Waals surface area contributed by atoms with Gasteiger partial charge in [0, 0.05) is 32.7 Å². The number of ether oxygens (including phenoxy) is 1. The molecule has 130 valence electrons. The number of pyridine rings is 1. The molecule has 3 rings (SSSR count). The second-order valence-electron chi connectivity index (χ2n) is 6.18. The van der Waals surface area contributed by atoms with Gasteiger partial charge >= 0.3 is 0 Å². The number of methoxy groups -OCH3 is 1. The maximum Gasteiger partial charge on any atom is 0.143 e. The summed E-state index contributed by atoms with van der Waals surface area (Å²) in [7, 11) is 1.68. The minimum absolute atomic E-state index is 0.305. The summed E-state index contributed by atoms with van der Waals surface area (Å²) in [6, 6.07) is 13.9. The molecule has 1 aliphatic heterocycles. The van der Waals surface area contributed by atoms with Gasteiger partial charge in [0.15, 0.2) is 0 Å². The Labute approximate surface area is 148 Å². The smallest absolute Gasteiger partial charge is 0.143 e. The summed E-state index contributed by atoms with van der Waals surface area (Å²) in [5.74, 6) is 2.04. The maximum atomic E-state index is 8.97. The van der Waals surface area contributed by atoms with E-state index in [1.807, 2.05) is 18.2 Å². The molecule has 0 atom stereocenters. The van der Waals surface area contributed by atoms with Crippen LogP contribution in [0, 0.1) is 11.3 Å². The number of nitrogen functional groups attached to an aromatic ring is 1. The van der Waals surface area contributed by atoms with Gasteiger partial charge in [-0.25, -0.2) is 4.98 Å². The summed E-state index contributed by atoms with van der Waals surface area (Å²) in [4.78, 5) is 9.08. The average molecular weight is 337 g/mol. The molecule has 2 aromatic rings. The molecular formula is C19H23N5O. The molecule has 6 heteroatoms. The monoisotopic (exact) mass is 337 g/mol. The number of hydrogen-bond donors (Lipinski definition) is 1. The number of aromatic nitrogens is 1. The first-order valence-corrected chi connectivity index (χ1v) is 8.46. The quantitative estimate of drug-likeness (QED) is 0.922. The molecule has 0 amide bonds. The van der Waals surface area contributed by atoms with Crippen molar-refractivity contribution in [3.05, 3.63) is 47.5 Å². The Morgan fingerprint density at radius 2 is 1.92 bits per heavy atom. The number of nitriles is 1. The highest BCUT2D eigenvalue weighted by atomic mass is 16.5. The SMILES string of the molecule is COc1ccc(CN2CCCN(c3ccc(C#N)c(N)n3)CC2)cc1. The van der Waals surface area contributed by atoms with Crippen LogP contribution in [0.15, 0.2) is 36.4 Å². The second-order valence-corrected chi connectivity index (χ2v) is 6.18. The Morgan fingerprint density at radius 1 is 1.12 bits per heavy atom. The van der Waals surface area contributed by atoms with Crippen LogP contribution in [-0.4, -0.2) is 43.2 Å². The normalized spacial score (nSPS) is 15.4. The molecule has 1 aromatic carbocycles. The maximum absolute atomic E-state index is 8.97. The van der Waals surface area contributed by atoms with Crippen molar-refractivity contribution in [3.63, 3.8) is 0 Å². The van der Waals surface area contributed by atoms with Gasteiger partial charge in [0.2, 0.25) is 0 Å². The number of nitrogens with zero attached hydrogens (tertiary/aromatic N) is 4. The average Bonchev–Trinajstić information content (AvgIpc) is 2.88. The predicted molar refractivity (Wildman–Crippen MR) is 98.5 cm³/mol. The fraction of sp³-hybridized carbons (Fsp3) is 0.368. The Balaban J connectivity index is 1.62. The van der Waals surface area contributed by atoms with Gasteiger partial charge in [-0.15, -0.1) is 0 Å². The lowest BCUT2D eigenvalue weighted by molar-refractivity contribution is 0.285. The van der Waals surface area contributed by atoms with Crippen LogP contribution in [0.5, 0.6) is 5.75 Å². The van der Waals surface area contributed by atoms with E-state index in [0.717, 1.165) is 50.7 Å². The van der Waals surface area contributed by atoms with E-state index in [0.29, 0.717) is 11.4 Å². The van der Waals surface area contributed by atoms with Crippen molar-refractivity contribution < 1.29 is 4.74 Å². The van der Waals surface area contributed by atoms with Gasteiger partial charge in [-0.2, -0.15) is 5.26 Å². The van der Waals surface area contributed by atoms with Crippen molar-refractivity contribution >= 4 is 11.6 Å². The van der Waals surface area contributed by atoms with E-state index in [1.165, 1.54) is 5.56 Å². The molecule has 1 saturated heterocycles. The molecule has 1 aromatic heterocycles. The largest absolute Gasteiger partial charge is 0.497 e. The van der Waals surface area contributed by atoms with Crippen LogP contribution in [0.1, 0.15) is 17.5 Å². The van der Waals surface area contributed by atoms with Crippen LogP contribution in [-0.2, 0) is 6.54 Å². The number of benzene rings is 1. The lowest BCUT2D eigenvalue weighted by atomic mass is 10.2. The fourth-order valence-electron chi connectivity index (χ4n) is 3.08. The zero-order valence-electron chi connectivity index (χ0n) is 14.5. The second kappa shape index (κ2) is 7.86. The lowest BCUT2D eigenvalue weighted by Crippen LogP contribution is -2.31. The molecule has 1 fully saturated rings. The van der Waals surface area contributed by atoms with E-state index < -0.39 is 0 Å². The van der Waals surface area contributed by atoms with E-state index >= 15 is 0 Å². The van der Waals surface area contributed by atoms with E-state index in [9.17, 15) is 0 Å². The highest BCUT2D eigenvalue weighted by molar-refractivity contribution is 5.54. The molecule has 0 unspecified atom stereocenters. The highest BCUT2D eigenvalue weighted by Gasteiger charge is 2.17. The third-order valence-corrected chi connectivity index (χ3v) is 4.51. The summed E-state index contributed by atoms with van der Waals surface area (Å²) >= 11 is 0. The van der Waals surface area contributed by atoms with Crippen LogP contribution in [0.4, 0.5) is 11.6 Å². The van der Waals surface area contributed by atoms with Crippen LogP contribution in [0.2, 0.25) is 0 Å². The summed E-state index contributed by atoms with van der Waals surface area (Å²) in [5.41, 5.74) is 7.57. The first-order chi connectivity index (χ1) is 12.2. The van der Waals surface area contributed by atoms with Gasteiger partial charge in [0.25, 0.3) is 0 Å². The zero-order valence-corrected chi connectivity index (χ0v) is 14.5. The third-order valence-electron chi connectivity index (χ3n) is 4.51. The Bertz CT molecular complexity index is 753. The molecule has 0 radical (unpaired) electrons. The van der Waals surface area contributed by atoms with Crippen LogP contribution in [0.3, 0.4) is 0 Å². The topological polar surface area (TPSA) is 78.4 Å². The molecule has 2 heterocycles. The van der Waals surface area contributed by atoms with Crippen molar-refractivity contribution in [1.82, 2.24) is 9.88 Å². The van der Waals surface area contributed by atoms with E-state index in [2.05, 4.69) is 33.0 Å². The molecule has 1 aliphatic rings. The van der Waals surface area contributed by atoms with Gasteiger partial charge in [0.05, 0.1) is 12.7 Å². The van der Waals surface area contributed by atoms with E-state index in [-0.39, 0.29) is 0 Å². The van der Waals surface area contributed by atoms with Crippen molar-refractivity contribution in [2.24, 2.45) is 0 Å². The van der Waals surface area contributed by atoms with Crippen LogP contribution < -0.4 is 15.4 Å². The van der Waals surface area contributed by atoms with Crippen molar-refractivity contribution in [2.45, 2.75) is 13.0 Å². The Hall–Kier alpha value is -2.78. The van der Waals surface area contributed by atoms with Gasteiger partial charge in [-0.1, -0.05) is 12.1 Å². The van der Waals surface area contributed by atoms with Crippen molar-refractivity contribution in [3.8, 4) is 11.8 Å². The van der Waals surface area contributed by atoms with Crippen molar-refractivity contribution in [2.75, 3.05) is 43.9 Å². The molecular weight excluding hydrogens is 314 g/mol. The minimum atomic E-state index is 0.305. The number of anilines is 2. The Kier molecular flexibility index (Phi) is 5.36. The number of hydrogen-bond acceptors (Lipinski definition) is 6. The summed E-state index contributed by atoms with van der Waals surface area (Å²) < 4.78 is 5.21. The van der Waals surface area contributed by atoms with Crippen LogP contribution in [0.25, 0.3) is 0 Å². The highest BCUT2D eigenvalue weighted by Crippen LogP contribution is 2.19. The van der Waals surface area contributed by atoms with Gasteiger partial charge in [-0.05, 0) is 36.2 Å². The lowest BCUT2D eigenvalue weighted by Gasteiger charge is -2.23. The molecule has 6 nitrogen and oxygen atoms in total. The van der Waals surface area contributed by atoms with Crippen molar-refractivity contribution in [1.29, 1.82) is 5.26 Å².